The minimum atomic E-state index is -4.18. The maximum atomic E-state index is 13.1. The molecule has 0 atom stereocenters. The SMILES string of the molecule is O=C(Oc1ccc(S(=O)(=O)c2ccc(OC(=O)c3ccc([N+](=O)[O-])cc3[N+](=O)[O-])cc2)cc1)c1ccc([N+](=O)[O-])cc1[N+](=O)[O-]. The highest BCUT2D eigenvalue weighted by Gasteiger charge is 2.27. The molecule has 0 amide bonds. The van der Waals surface area contributed by atoms with E-state index in [1.165, 1.54) is 0 Å². The second-order valence-electron chi connectivity index (χ2n) is 8.66. The van der Waals surface area contributed by atoms with Crippen LogP contribution in [0.5, 0.6) is 11.5 Å². The lowest BCUT2D eigenvalue weighted by molar-refractivity contribution is -0.394. The predicted molar refractivity (Wildman–Crippen MR) is 148 cm³/mol. The van der Waals surface area contributed by atoms with Crippen LogP contribution >= 0.6 is 0 Å². The van der Waals surface area contributed by atoms with Crippen LogP contribution < -0.4 is 9.47 Å². The van der Waals surface area contributed by atoms with Crippen LogP contribution in [0, 0.1) is 40.5 Å². The number of non-ortho nitro benzene ring substituents is 2. The van der Waals surface area contributed by atoms with Gasteiger partial charge in [0.1, 0.15) is 22.6 Å². The summed E-state index contributed by atoms with van der Waals surface area (Å²) in [5, 5.41) is 44.4. The van der Waals surface area contributed by atoms with Gasteiger partial charge in [0, 0.05) is 12.1 Å². The minimum Gasteiger partial charge on any atom is -0.423 e. The lowest BCUT2D eigenvalue weighted by Crippen LogP contribution is -2.12. The Balaban J connectivity index is 1.49. The van der Waals surface area contributed by atoms with Crippen LogP contribution in [-0.2, 0) is 9.84 Å². The fraction of sp³-hybridized carbons (Fsp3) is 0. The van der Waals surface area contributed by atoms with Crippen molar-refractivity contribution in [3.8, 4) is 11.5 Å². The quantitative estimate of drug-likeness (QED) is 0.0995. The summed E-state index contributed by atoms with van der Waals surface area (Å²) in [6.07, 6.45) is 0. The first-order valence-electron chi connectivity index (χ1n) is 11.9. The van der Waals surface area contributed by atoms with Crippen molar-refractivity contribution < 1.29 is 47.2 Å². The van der Waals surface area contributed by atoms with Crippen LogP contribution in [0.2, 0.25) is 0 Å². The van der Waals surface area contributed by atoms with Gasteiger partial charge in [-0.25, -0.2) is 18.0 Å². The highest BCUT2D eigenvalue weighted by Crippen LogP contribution is 2.29. The molecule has 0 N–H and O–H groups in total. The van der Waals surface area contributed by atoms with Crippen LogP contribution in [0.3, 0.4) is 0 Å². The molecule has 0 aliphatic heterocycles. The second kappa shape index (κ2) is 12.3. The number of benzene rings is 4. The largest absolute Gasteiger partial charge is 0.423 e. The van der Waals surface area contributed by atoms with Gasteiger partial charge in [-0.2, -0.15) is 0 Å². The number of carbonyl (C=O) groups is 2. The molecule has 4 aromatic rings. The summed E-state index contributed by atoms with van der Waals surface area (Å²) in [6.45, 7) is 0. The zero-order valence-electron chi connectivity index (χ0n) is 22.0. The topological polar surface area (TPSA) is 259 Å². The Hall–Kier alpha value is -6.63. The molecule has 4 aromatic carbocycles. The van der Waals surface area contributed by atoms with Gasteiger partial charge in [0.05, 0.1) is 41.6 Å². The van der Waals surface area contributed by atoms with Gasteiger partial charge >= 0.3 is 11.9 Å². The number of nitro groups is 4. The van der Waals surface area contributed by atoms with Gasteiger partial charge in [0.15, 0.2) is 0 Å². The molecule has 4 rings (SSSR count). The van der Waals surface area contributed by atoms with Crippen molar-refractivity contribution in [1.82, 2.24) is 0 Å². The number of esters is 2. The van der Waals surface area contributed by atoms with Crippen LogP contribution in [0.4, 0.5) is 22.7 Å². The predicted octanol–water partition coefficient (Wildman–Crippen LogP) is 4.59. The molecule has 0 aliphatic rings. The molecule has 0 heterocycles. The number of ether oxygens (including phenoxy) is 2. The number of sulfone groups is 1. The summed E-state index contributed by atoms with van der Waals surface area (Å²) >= 11 is 0. The first kappa shape index (κ1) is 31.3. The summed E-state index contributed by atoms with van der Waals surface area (Å²) < 4.78 is 36.3. The Morgan fingerprint density at radius 2 is 0.844 bits per heavy atom. The average molecular weight is 638 g/mol. The summed E-state index contributed by atoms with van der Waals surface area (Å²) in [5.74, 6) is -2.85. The van der Waals surface area contributed by atoms with Crippen molar-refractivity contribution in [2.75, 3.05) is 0 Å². The molecule has 0 radical (unpaired) electrons. The van der Waals surface area contributed by atoms with E-state index in [0.29, 0.717) is 12.1 Å². The number of hydrogen-bond acceptors (Lipinski definition) is 14. The molecule has 0 fully saturated rings. The molecule has 0 saturated heterocycles. The van der Waals surface area contributed by atoms with E-state index in [-0.39, 0.29) is 21.3 Å². The van der Waals surface area contributed by atoms with Crippen LogP contribution in [-0.4, -0.2) is 40.0 Å². The summed E-state index contributed by atoms with van der Waals surface area (Å²) in [7, 11) is -4.18. The van der Waals surface area contributed by atoms with Gasteiger partial charge in [0.25, 0.3) is 22.7 Å². The Labute approximate surface area is 249 Å². The molecule has 0 bridgehead atoms. The monoisotopic (exact) mass is 638 g/mol. The molecule has 228 valence electrons. The molecule has 19 heteroatoms. The molecule has 18 nitrogen and oxygen atoms in total. The average Bonchev–Trinajstić information content (AvgIpc) is 3.00. The lowest BCUT2D eigenvalue weighted by Gasteiger charge is -2.09. The zero-order chi connectivity index (χ0) is 33.1. The minimum absolute atomic E-state index is 0.200. The van der Waals surface area contributed by atoms with E-state index < -0.39 is 75.3 Å². The number of carbonyl (C=O) groups excluding carboxylic acids is 2. The van der Waals surface area contributed by atoms with E-state index in [4.69, 9.17) is 9.47 Å². The van der Waals surface area contributed by atoms with Crippen molar-refractivity contribution in [2.24, 2.45) is 0 Å². The summed E-state index contributed by atoms with van der Waals surface area (Å²) in [6, 6.07) is 13.3. The number of nitrogens with zero attached hydrogens (tertiary/aromatic N) is 4. The van der Waals surface area contributed by atoms with Crippen LogP contribution in [0.25, 0.3) is 0 Å². The van der Waals surface area contributed by atoms with Gasteiger partial charge in [0.2, 0.25) is 9.84 Å². The van der Waals surface area contributed by atoms with Crippen LogP contribution in [0.15, 0.2) is 94.7 Å². The highest BCUT2D eigenvalue weighted by atomic mass is 32.2. The van der Waals surface area contributed by atoms with Gasteiger partial charge in [-0.15, -0.1) is 0 Å². The molecule has 0 aromatic heterocycles. The first-order valence-corrected chi connectivity index (χ1v) is 13.4. The van der Waals surface area contributed by atoms with Gasteiger partial charge in [-0.05, 0) is 60.7 Å². The maximum Gasteiger partial charge on any atom is 0.350 e. The van der Waals surface area contributed by atoms with Crippen LogP contribution in [0.1, 0.15) is 20.7 Å². The molecule has 0 aliphatic carbocycles. The molecule has 0 saturated carbocycles. The van der Waals surface area contributed by atoms with Crippen molar-refractivity contribution in [3.63, 3.8) is 0 Å². The Bertz CT molecular complexity index is 1870. The number of nitro benzene ring substituents is 4. The third-order valence-corrected chi connectivity index (χ3v) is 7.69. The van der Waals surface area contributed by atoms with Crippen molar-refractivity contribution in [2.45, 2.75) is 9.79 Å². The van der Waals surface area contributed by atoms with E-state index in [0.717, 1.165) is 72.8 Å². The molecular formula is C26H14N4O14S. The summed E-state index contributed by atoms with van der Waals surface area (Å²) in [4.78, 5) is 65.1. The smallest absolute Gasteiger partial charge is 0.350 e. The highest BCUT2D eigenvalue weighted by molar-refractivity contribution is 7.91. The van der Waals surface area contributed by atoms with Crippen molar-refractivity contribution in [1.29, 1.82) is 0 Å². The number of hydrogen-bond donors (Lipinski definition) is 0. The molecule has 0 unspecified atom stereocenters. The lowest BCUT2D eigenvalue weighted by atomic mass is 10.1. The molecular weight excluding hydrogens is 624 g/mol. The first-order chi connectivity index (χ1) is 21.2. The fourth-order valence-corrected chi connectivity index (χ4v) is 5.01. The molecule has 0 spiro atoms. The standard InChI is InChI=1S/C26H14N4O14S/c31-25(21-11-1-15(27(33)34)13-23(21)29(37)38)43-17-3-7-19(8-4-17)45(41,42)20-9-5-18(6-10-20)44-26(32)22-12-2-16(28(35)36)14-24(22)30(39)40/h1-14H. The zero-order valence-corrected chi connectivity index (χ0v) is 22.8. The molecule has 45 heavy (non-hydrogen) atoms. The normalized spacial score (nSPS) is 10.8. The van der Waals surface area contributed by atoms with Gasteiger partial charge in [-0.1, -0.05) is 0 Å². The fourth-order valence-electron chi connectivity index (χ4n) is 3.75. The van der Waals surface area contributed by atoms with E-state index in [1.54, 1.807) is 0 Å². The second-order valence-corrected chi connectivity index (χ2v) is 10.6. The Kier molecular flexibility index (Phi) is 8.56. The van der Waals surface area contributed by atoms with Crippen molar-refractivity contribution >= 4 is 44.5 Å². The summed E-state index contributed by atoms with van der Waals surface area (Å²) in [5.41, 5.74) is -4.13. The van der Waals surface area contributed by atoms with Crippen molar-refractivity contribution in [3.05, 3.63) is 137 Å². The van der Waals surface area contributed by atoms with Gasteiger partial charge in [-0.3, -0.25) is 40.5 Å². The Morgan fingerprint density at radius 1 is 0.511 bits per heavy atom. The van der Waals surface area contributed by atoms with Gasteiger partial charge < -0.3 is 9.47 Å². The third-order valence-electron chi connectivity index (χ3n) is 5.91. The van der Waals surface area contributed by atoms with E-state index in [1.807, 2.05) is 0 Å². The Morgan fingerprint density at radius 3 is 1.13 bits per heavy atom. The van der Waals surface area contributed by atoms with E-state index in [2.05, 4.69) is 0 Å². The third kappa shape index (κ3) is 6.73. The van der Waals surface area contributed by atoms with E-state index >= 15 is 0 Å². The van der Waals surface area contributed by atoms with E-state index in [9.17, 15) is 58.5 Å². The maximum absolute atomic E-state index is 13.1. The number of rotatable bonds is 10.